The third-order valence-electron chi connectivity index (χ3n) is 2.35. The highest BCUT2D eigenvalue weighted by Gasteiger charge is 2.16. The highest BCUT2D eigenvalue weighted by atomic mass is 15.0. The Morgan fingerprint density at radius 2 is 2.31 bits per heavy atom. The van der Waals surface area contributed by atoms with Crippen molar-refractivity contribution in [1.29, 1.82) is 5.26 Å². The van der Waals surface area contributed by atoms with E-state index in [-0.39, 0.29) is 0 Å². The van der Waals surface area contributed by atoms with Gasteiger partial charge < -0.3 is 5.32 Å². The topological polar surface area (TPSA) is 48.7 Å². The number of hydrogen-bond acceptors (Lipinski definition) is 3. The van der Waals surface area contributed by atoms with Crippen LogP contribution in [-0.2, 0) is 0 Å². The minimum Gasteiger partial charge on any atom is -0.367 e. The summed E-state index contributed by atoms with van der Waals surface area (Å²) < 4.78 is 0. The number of rotatable bonds is 2. The van der Waals surface area contributed by atoms with Crippen LogP contribution in [0.2, 0.25) is 0 Å². The van der Waals surface area contributed by atoms with Gasteiger partial charge in [-0.2, -0.15) is 5.26 Å². The van der Waals surface area contributed by atoms with E-state index in [1.54, 1.807) is 12.3 Å². The predicted octanol–water partition coefficient (Wildman–Crippen LogP) is 1.92. The molecule has 1 saturated carbocycles. The first-order valence-corrected chi connectivity index (χ1v) is 4.51. The van der Waals surface area contributed by atoms with Crippen molar-refractivity contribution in [2.24, 2.45) is 0 Å². The summed E-state index contributed by atoms with van der Waals surface area (Å²) in [7, 11) is 0. The van der Waals surface area contributed by atoms with E-state index in [9.17, 15) is 0 Å². The molecule has 0 unspecified atom stereocenters. The van der Waals surface area contributed by atoms with E-state index < -0.39 is 0 Å². The van der Waals surface area contributed by atoms with Crippen molar-refractivity contribution in [3.63, 3.8) is 0 Å². The van der Waals surface area contributed by atoms with Crippen molar-refractivity contribution in [2.45, 2.75) is 25.3 Å². The maximum absolute atomic E-state index is 8.56. The molecule has 66 valence electrons. The first-order chi connectivity index (χ1) is 6.38. The van der Waals surface area contributed by atoms with Gasteiger partial charge in [0.1, 0.15) is 11.9 Å². The maximum Gasteiger partial charge on any atom is 0.126 e. The number of nitrogens with one attached hydrogen (secondary N) is 1. The molecule has 0 saturated heterocycles. The molecule has 1 aliphatic rings. The molecular weight excluding hydrogens is 162 g/mol. The summed E-state index contributed by atoms with van der Waals surface area (Å²) in [6.07, 6.45) is 5.39. The molecule has 0 aliphatic heterocycles. The Bertz CT molecular complexity index is 319. The van der Waals surface area contributed by atoms with Crippen LogP contribution in [-0.4, -0.2) is 11.0 Å². The summed E-state index contributed by atoms with van der Waals surface area (Å²) in [4.78, 5) is 4.14. The van der Waals surface area contributed by atoms with Crippen molar-refractivity contribution in [3.05, 3.63) is 23.9 Å². The van der Waals surface area contributed by atoms with Crippen molar-refractivity contribution >= 4 is 5.82 Å². The smallest absolute Gasteiger partial charge is 0.126 e. The molecule has 1 N–H and O–H groups in total. The third-order valence-corrected chi connectivity index (χ3v) is 2.35. The predicted molar refractivity (Wildman–Crippen MR) is 50.2 cm³/mol. The van der Waals surface area contributed by atoms with Crippen LogP contribution >= 0.6 is 0 Å². The first kappa shape index (κ1) is 8.06. The lowest BCUT2D eigenvalue weighted by Crippen LogP contribution is -2.27. The first-order valence-electron chi connectivity index (χ1n) is 4.51. The van der Waals surface area contributed by atoms with Crippen LogP contribution in [0.4, 0.5) is 5.82 Å². The lowest BCUT2D eigenvalue weighted by Gasteiger charge is -2.26. The monoisotopic (exact) mass is 173 g/mol. The van der Waals surface area contributed by atoms with Gasteiger partial charge in [0.25, 0.3) is 0 Å². The molecule has 0 bridgehead atoms. The fraction of sp³-hybridized carbons (Fsp3) is 0.400. The number of nitriles is 1. The Morgan fingerprint density at radius 3 is 2.77 bits per heavy atom. The Balaban J connectivity index is 2.01. The molecule has 0 aromatic carbocycles. The summed E-state index contributed by atoms with van der Waals surface area (Å²) in [5.41, 5.74) is 0.610. The average molecular weight is 173 g/mol. The van der Waals surface area contributed by atoms with Crippen LogP contribution in [0.3, 0.4) is 0 Å². The average Bonchev–Trinajstić information content (AvgIpc) is 2.12. The minimum absolute atomic E-state index is 0.598. The maximum atomic E-state index is 8.56. The lowest BCUT2D eigenvalue weighted by molar-refractivity contribution is 0.444. The van der Waals surface area contributed by atoms with Gasteiger partial charge in [0.05, 0.1) is 5.56 Å². The molecule has 1 heterocycles. The molecule has 2 rings (SSSR count). The molecule has 1 aliphatic carbocycles. The van der Waals surface area contributed by atoms with E-state index in [4.69, 9.17) is 5.26 Å². The van der Waals surface area contributed by atoms with E-state index >= 15 is 0 Å². The van der Waals surface area contributed by atoms with Gasteiger partial charge in [-0.25, -0.2) is 4.98 Å². The van der Waals surface area contributed by atoms with Gasteiger partial charge >= 0.3 is 0 Å². The van der Waals surface area contributed by atoms with Crippen LogP contribution in [0.1, 0.15) is 24.8 Å². The molecular formula is C10H11N3. The Morgan fingerprint density at radius 1 is 1.46 bits per heavy atom. The van der Waals surface area contributed by atoms with Crippen LogP contribution < -0.4 is 5.32 Å². The number of pyridine rings is 1. The largest absolute Gasteiger partial charge is 0.367 e. The molecule has 1 aromatic heterocycles. The van der Waals surface area contributed by atoms with E-state index in [1.165, 1.54) is 19.3 Å². The SMILES string of the molecule is N#Cc1ccc(NC2CCC2)nc1. The van der Waals surface area contributed by atoms with Crippen LogP contribution in [0, 0.1) is 11.3 Å². The zero-order valence-corrected chi connectivity index (χ0v) is 7.33. The van der Waals surface area contributed by atoms with Crippen molar-refractivity contribution in [2.75, 3.05) is 5.32 Å². The molecule has 0 atom stereocenters. The van der Waals surface area contributed by atoms with Gasteiger partial charge in [-0.05, 0) is 31.4 Å². The number of anilines is 1. The molecule has 0 radical (unpaired) electrons. The highest BCUT2D eigenvalue weighted by molar-refractivity contribution is 5.40. The molecule has 13 heavy (non-hydrogen) atoms. The fourth-order valence-electron chi connectivity index (χ4n) is 1.31. The Hall–Kier alpha value is -1.56. The third kappa shape index (κ3) is 1.78. The van der Waals surface area contributed by atoms with Gasteiger partial charge in [0, 0.05) is 12.2 Å². The van der Waals surface area contributed by atoms with Gasteiger partial charge in [-0.15, -0.1) is 0 Å². The van der Waals surface area contributed by atoms with E-state index in [1.807, 2.05) is 12.1 Å². The van der Waals surface area contributed by atoms with Gasteiger partial charge in [0.2, 0.25) is 0 Å². The molecule has 0 amide bonds. The highest BCUT2D eigenvalue weighted by Crippen LogP contribution is 2.21. The van der Waals surface area contributed by atoms with Crippen molar-refractivity contribution in [3.8, 4) is 6.07 Å². The summed E-state index contributed by atoms with van der Waals surface area (Å²) in [6, 6.07) is 6.29. The fourth-order valence-corrected chi connectivity index (χ4v) is 1.31. The standard InChI is InChI=1S/C10H11N3/c11-6-8-4-5-10(12-7-8)13-9-2-1-3-9/h4-5,7,9H,1-3H2,(H,12,13). The normalized spacial score (nSPS) is 15.9. The number of hydrogen-bond donors (Lipinski definition) is 1. The summed E-state index contributed by atoms with van der Waals surface area (Å²) >= 11 is 0. The molecule has 1 fully saturated rings. The second-order valence-corrected chi connectivity index (χ2v) is 3.32. The second kappa shape index (κ2) is 3.44. The molecule has 1 aromatic rings. The van der Waals surface area contributed by atoms with Crippen LogP contribution in [0.25, 0.3) is 0 Å². The Labute approximate surface area is 77.4 Å². The van der Waals surface area contributed by atoms with Crippen molar-refractivity contribution in [1.82, 2.24) is 4.98 Å². The Kier molecular flexibility index (Phi) is 2.13. The van der Waals surface area contributed by atoms with Gasteiger partial charge in [-0.1, -0.05) is 0 Å². The number of nitrogens with zero attached hydrogens (tertiary/aromatic N) is 2. The number of aromatic nitrogens is 1. The molecule has 0 spiro atoms. The van der Waals surface area contributed by atoms with E-state index in [0.29, 0.717) is 11.6 Å². The summed E-state index contributed by atoms with van der Waals surface area (Å²) in [5.74, 6) is 0.878. The van der Waals surface area contributed by atoms with Crippen molar-refractivity contribution < 1.29 is 0 Å². The van der Waals surface area contributed by atoms with Gasteiger partial charge in [0.15, 0.2) is 0 Å². The minimum atomic E-state index is 0.598. The van der Waals surface area contributed by atoms with Crippen LogP contribution in [0.15, 0.2) is 18.3 Å². The lowest BCUT2D eigenvalue weighted by atomic mass is 9.93. The summed E-state index contributed by atoms with van der Waals surface area (Å²) in [6.45, 7) is 0. The second-order valence-electron chi connectivity index (χ2n) is 3.32. The molecule has 3 heteroatoms. The quantitative estimate of drug-likeness (QED) is 0.743. The van der Waals surface area contributed by atoms with E-state index in [0.717, 1.165) is 5.82 Å². The van der Waals surface area contributed by atoms with Crippen LogP contribution in [0.5, 0.6) is 0 Å². The van der Waals surface area contributed by atoms with Gasteiger partial charge in [-0.3, -0.25) is 0 Å². The molecule has 3 nitrogen and oxygen atoms in total. The zero-order chi connectivity index (χ0) is 9.10. The summed E-state index contributed by atoms with van der Waals surface area (Å²) in [5, 5.41) is 11.9. The van der Waals surface area contributed by atoms with E-state index in [2.05, 4.69) is 10.3 Å². The zero-order valence-electron chi connectivity index (χ0n) is 7.33.